The van der Waals surface area contributed by atoms with Gasteiger partial charge in [0.25, 0.3) is 0 Å². The summed E-state index contributed by atoms with van der Waals surface area (Å²) in [6.45, 7) is 9.69. The molecule has 0 aromatic carbocycles. The molecule has 0 aliphatic carbocycles. The van der Waals surface area contributed by atoms with Gasteiger partial charge in [-0.25, -0.2) is 9.37 Å². The van der Waals surface area contributed by atoms with Gasteiger partial charge in [-0.1, -0.05) is 0 Å². The molecule has 2 aliphatic rings. The molecular weight excluding hydrogens is 486 g/mol. The molecule has 0 spiro atoms. The van der Waals surface area contributed by atoms with Gasteiger partial charge in [0.15, 0.2) is 17.6 Å². The Morgan fingerprint density at radius 1 is 1.31 bits per heavy atom. The molecule has 2 N–H and O–H groups in total. The van der Waals surface area contributed by atoms with Gasteiger partial charge >= 0.3 is 0 Å². The van der Waals surface area contributed by atoms with Crippen molar-refractivity contribution in [2.75, 3.05) is 51.2 Å². The lowest BCUT2D eigenvalue weighted by Gasteiger charge is -2.35. The molecule has 164 valence electrons. The monoisotopic (exact) mass is 520 g/mol. The fraction of sp³-hybridized carbons (Fsp3) is 0.700. The van der Waals surface area contributed by atoms with Crippen LogP contribution < -0.4 is 15.5 Å². The molecule has 3 heterocycles. The Bertz CT molecular complexity index is 654. The van der Waals surface area contributed by atoms with E-state index in [1.165, 1.54) is 6.07 Å². The molecule has 0 radical (unpaired) electrons. The summed E-state index contributed by atoms with van der Waals surface area (Å²) < 4.78 is 19.7. The van der Waals surface area contributed by atoms with Gasteiger partial charge in [-0.15, -0.1) is 24.0 Å². The van der Waals surface area contributed by atoms with Crippen LogP contribution in [0.5, 0.6) is 0 Å². The minimum Gasteiger partial charge on any atom is -0.373 e. The summed E-state index contributed by atoms with van der Waals surface area (Å²) in [5, 5.41) is 6.85. The molecule has 3 atom stereocenters. The average Bonchev–Trinajstić information content (AvgIpc) is 3.12. The van der Waals surface area contributed by atoms with Crippen LogP contribution >= 0.6 is 24.0 Å². The summed E-state index contributed by atoms with van der Waals surface area (Å²) >= 11 is 0. The predicted molar refractivity (Wildman–Crippen MR) is 126 cm³/mol. The minimum atomic E-state index is -0.266. The van der Waals surface area contributed by atoms with Crippen molar-refractivity contribution < 1.29 is 9.13 Å². The summed E-state index contributed by atoms with van der Waals surface area (Å²) in [5.41, 5.74) is 0. The van der Waals surface area contributed by atoms with E-state index in [0.29, 0.717) is 18.0 Å². The number of guanidine groups is 1. The van der Waals surface area contributed by atoms with Gasteiger partial charge in [-0.05, 0) is 38.8 Å². The van der Waals surface area contributed by atoms with E-state index < -0.39 is 0 Å². The predicted octanol–water partition coefficient (Wildman–Crippen LogP) is 2.08. The molecule has 0 saturated carbocycles. The highest BCUT2D eigenvalue weighted by molar-refractivity contribution is 14.0. The summed E-state index contributed by atoms with van der Waals surface area (Å²) in [5.74, 6) is 0.971. The lowest BCUT2D eigenvalue weighted by molar-refractivity contribution is -0.0679. The first-order valence-electron chi connectivity index (χ1n) is 10.3. The number of ether oxygens (including phenoxy) is 1. The summed E-state index contributed by atoms with van der Waals surface area (Å²) in [4.78, 5) is 13.0. The number of nitrogens with zero attached hydrogens (tertiary/aromatic N) is 4. The van der Waals surface area contributed by atoms with Gasteiger partial charge in [0, 0.05) is 58.6 Å². The minimum absolute atomic E-state index is 0. The number of halogens is 2. The Morgan fingerprint density at radius 2 is 2.07 bits per heavy atom. The molecule has 0 amide bonds. The fourth-order valence-electron chi connectivity index (χ4n) is 4.04. The van der Waals surface area contributed by atoms with Crippen LogP contribution in [0.2, 0.25) is 0 Å². The van der Waals surface area contributed by atoms with Crippen LogP contribution in [-0.2, 0) is 4.74 Å². The summed E-state index contributed by atoms with van der Waals surface area (Å²) in [7, 11) is 1.78. The largest absolute Gasteiger partial charge is 0.373 e. The molecule has 2 aliphatic heterocycles. The van der Waals surface area contributed by atoms with Crippen molar-refractivity contribution in [2.24, 2.45) is 4.99 Å². The van der Waals surface area contributed by atoms with E-state index in [4.69, 9.17) is 4.74 Å². The Balaban J connectivity index is 0.00000300. The summed E-state index contributed by atoms with van der Waals surface area (Å²) in [6.07, 6.45) is 4.23. The third-order valence-corrected chi connectivity index (χ3v) is 5.23. The number of hydrogen-bond acceptors (Lipinski definition) is 5. The third-order valence-electron chi connectivity index (χ3n) is 5.23. The molecule has 9 heteroatoms. The molecule has 1 aromatic rings. The van der Waals surface area contributed by atoms with E-state index in [9.17, 15) is 4.39 Å². The van der Waals surface area contributed by atoms with Crippen LogP contribution in [0.3, 0.4) is 0 Å². The SMILES string of the molecule is CN=C(NCCCN1CC(C)OC(C)C1)NC1CCN(c2ncccc2F)C1.I. The van der Waals surface area contributed by atoms with Gasteiger partial charge in [0.2, 0.25) is 0 Å². The number of aliphatic imine (C=N–C) groups is 1. The molecule has 3 rings (SSSR count). The second kappa shape index (κ2) is 11.8. The standard InChI is InChI=1S/C20H33FN6O.HI/c1-15-12-26(13-16(2)28-15)10-5-9-24-20(22-3)25-17-7-11-27(14-17)19-18(21)6-4-8-23-19;/h4,6,8,15-17H,5,7,9-14H2,1-3H3,(H2,22,24,25);1H. The second-order valence-corrected chi connectivity index (χ2v) is 7.75. The van der Waals surface area contributed by atoms with Gasteiger partial charge in [-0.3, -0.25) is 9.89 Å². The van der Waals surface area contributed by atoms with E-state index in [-0.39, 0.29) is 35.8 Å². The third kappa shape index (κ3) is 7.21. The summed E-state index contributed by atoms with van der Waals surface area (Å²) in [6, 6.07) is 3.31. The zero-order chi connectivity index (χ0) is 19.9. The van der Waals surface area contributed by atoms with E-state index in [2.05, 4.69) is 39.4 Å². The van der Waals surface area contributed by atoms with Crippen LogP contribution in [0, 0.1) is 5.82 Å². The van der Waals surface area contributed by atoms with Crippen molar-refractivity contribution in [3.05, 3.63) is 24.1 Å². The van der Waals surface area contributed by atoms with Gasteiger partial charge < -0.3 is 20.3 Å². The number of anilines is 1. The number of hydrogen-bond donors (Lipinski definition) is 2. The zero-order valence-corrected chi connectivity index (χ0v) is 19.9. The highest BCUT2D eigenvalue weighted by atomic mass is 127. The van der Waals surface area contributed by atoms with Gasteiger partial charge in [0.1, 0.15) is 0 Å². The number of nitrogens with one attached hydrogen (secondary N) is 2. The second-order valence-electron chi connectivity index (χ2n) is 7.75. The zero-order valence-electron chi connectivity index (χ0n) is 17.6. The first-order chi connectivity index (χ1) is 13.5. The molecule has 29 heavy (non-hydrogen) atoms. The molecule has 1 aromatic heterocycles. The highest BCUT2D eigenvalue weighted by Gasteiger charge is 2.26. The maximum absolute atomic E-state index is 13.9. The van der Waals surface area contributed by atoms with Crippen molar-refractivity contribution in [1.29, 1.82) is 0 Å². The van der Waals surface area contributed by atoms with Crippen LogP contribution in [0.4, 0.5) is 10.2 Å². The first-order valence-corrected chi connectivity index (χ1v) is 10.3. The molecule has 3 unspecified atom stereocenters. The number of aromatic nitrogens is 1. The molecule has 2 saturated heterocycles. The van der Waals surface area contributed by atoms with Crippen LogP contribution in [0.25, 0.3) is 0 Å². The van der Waals surface area contributed by atoms with Crippen molar-refractivity contribution in [3.63, 3.8) is 0 Å². The lowest BCUT2D eigenvalue weighted by Crippen LogP contribution is -2.47. The topological polar surface area (TPSA) is 65.0 Å². The number of rotatable bonds is 6. The van der Waals surface area contributed by atoms with Gasteiger partial charge in [-0.2, -0.15) is 0 Å². The average molecular weight is 520 g/mol. The lowest BCUT2D eigenvalue weighted by atomic mass is 10.2. The number of pyridine rings is 1. The van der Waals surface area contributed by atoms with Crippen LogP contribution in [0.1, 0.15) is 26.7 Å². The Hall–Kier alpha value is -1.20. The van der Waals surface area contributed by atoms with E-state index in [1.807, 2.05) is 4.90 Å². The smallest absolute Gasteiger partial charge is 0.191 e. The fourth-order valence-corrected chi connectivity index (χ4v) is 4.04. The van der Waals surface area contributed by atoms with Crippen molar-refractivity contribution in [2.45, 2.75) is 44.9 Å². The molecule has 0 bridgehead atoms. The maximum Gasteiger partial charge on any atom is 0.191 e. The maximum atomic E-state index is 13.9. The van der Waals surface area contributed by atoms with Gasteiger partial charge in [0.05, 0.1) is 12.2 Å². The van der Waals surface area contributed by atoms with E-state index in [1.54, 1.807) is 19.3 Å². The van der Waals surface area contributed by atoms with Crippen molar-refractivity contribution in [3.8, 4) is 0 Å². The van der Waals surface area contributed by atoms with E-state index >= 15 is 0 Å². The Morgan fingerprint density at radius 3 is 2.76 bits per heavy atom. The van der Waals surface area contributed by atoms with Crippen LogP contribution in [0.15, 0.2) is 23.3 Å². The molecule has 7 nitrogen and oxygen atoms in total. The quantitative estimate of drug-likeness (QED) is 0.259. The normalized spacial score (nSPS) is 25.6. The molecule has 2 fully saturated rings. The molecular formula is C20H34FIN6O. The first kappa shape index (κ1) is 24.1. The highest BCUT2D eigenvalue weighted by Crippen LogP contribution is 2.20. The Labute approximate surface area is 190 Å². The van der Waals surface area contributed by atoms with Crippen molar-refractivity contribution >= 4 is 35.8 Å². The van der Waals surface area contributed by atoms with Crippen LogP contribution in [-0.4, -0.2) is 80.4 Å². The Kier molecular flexibility index (Phi) is 9.84. The number of morpholine rings is 1. The van der Waals surface area contributed by atoms with Crippen molar-refractivity contribution in [1.82, 2.24) is 20.5 Å². The van der Waals surface area contributed by atoms with E-state index in [0.717, 1.165) is 58.1 Å².